The first-order valence-electron chi connectivity index (χ1n) is 7.06. The molecule has 2 N–H and O–H groups in total. The van der Waals surface area contributed by atoms with Crippen LogP contribution in [0.15, 0.2) is 6.07 Å². The van der Waals surface area contributed by atoms with Crippen molar-refractivity contribution in [2.75, 3.05) is 32.6 Å². The highest BCUT2D eigenvalue weighted by Crippen LogP contribution is 2.45. The number of methoxy groups -OCH3 is 1. The topological polar surface area (TPSA) is 33.3 Å². The molecule has 0 aliphatic heterocycles. The first-order chi connectivity index (χ1) is 9.03. The van der Waals surface area contributed by atoms with Crippen molar-refractivity contribution in [2.24, 2.45) is 5.41 Å². The van der Waals surface area contributed by atoms with Gasteiger partial charge in [-0.25, -0.2) is 0 Å². The molecule has 1 fully saturated rings. The van der Waals surface area contributed by atoms with Gasteiger partial charge in [-0.3, -0.25) is 0 Å². The number of hydrogen-bond donors (Lipinski definition) is 2. The summed E-state index contributed by atoms with van der Waals surface area (Å²) in [5.41, 5.74) is 5.55. The smallest absolute Gasteiger partial charge is 0.122 e. The molecule has 0 amide bonds. The average Bonchev–Trinajstić information content (AvgIpc) is 3.14. The summed E-state index contributed by atoms with van der Waals surface area (Å²) in [7, 11) is 3.77. The lowest BCUT2D eigenvalue weighted by atomic mass is 10.0. The summed E-state index contributed by atoms with van der Waals surface area (Å²) in [5.74, 6) is 0.983. The van der Waals surface area contributed by atoms with Gasteiger partial charge in [0.25, 0.3) is 0 Å². The van der Waals surface area contributed by atoms with E-state index in [4.69, 9.17) is 4.74 Å². The zero-order chi connectivity index (χ0) is 14.0. The van der Waals surface area contributed by atoms with Crippen molar-refractivity contribution in [3.63, 3.8) is 0 Å². The van der Waals surface area contributed by atoms with Crippen LogP contribution in [0.2, 0.25) is 0 Å². The van der Waals surface area contributed by atoms with Gasteiger partial charge < -0.3 is 15.4 Å². The molecule has 1 aromatic carbocycles. The van der Waals surface area contributed by atoms with Gasteiger partial charge in [-0.2, -0.15) is 0 Å². The first kappa shape index (κ1) is 14.2. The monoisotopic (exact) mass is 262 g/mol. The number of aryl methyl sites for hydroxylation is 1. The van der Waals surface area contributed by atoms with Crippen molar-refractivity contribution in [3.8, 4) is 5.75 Å². The van der Waals surface area contributed by atoms with Crippen LogP contribution in [-0.2, 0) is 0 Å². The summed E-state index contributed by atoms with van der Waals surface area (Å²) >= 11 is 0. The summed E-state index contributed by atoms with van der Waals surface area (Å²) in [6.07, 6.45) is 2.65. The van der Waals surface area contributed by atoms with Crippen molar-refractivity contribution in [2.45, 2.75) is 33.6 Å². The Kier molecular flexibility index (Phi) is 4.04. The average molecular weight is 262 g/mol. The highest BCUT2D eigenvalue weighted by Gasteiger charge is 2.41. The first-order valence-corrected chi connectivity index (χ1v) is 7.06. The third-order valence-electron chi connectivity index (χ3n) is 4.42. The van der Waals surface area contributed by atoms with Crippen LogP contribution in [0.5, 0.6) is 5.75 Å². The zero-order valence-electron chi connectivity index (χ0n) is 12.8. The Morgan fingerprint density at radius 2 is 1.84 bits per heavy atom. The van der Waals surface area contributed by atoms with Gasteiger partial charge in [0.2, 0.25) is 0 Å². The molecule has 0 spiro atoms. The highest BCUT2D eigenvalue weighted by atomic mass is 16.5. The molecule has 0 radical (unpaired) electrons. The van der Waals surface area contributed by atoms with E-state index < -0.39 is 0 Å². The second-order valence-electron chi connectivity index (χ2n) is 5.90. The number of ether oxygens (including phenoxy) is 1. The largest absolute Gasteiger partial charge is 0.496 e. The second-order valence-corrected chi connectivity index (χ2v) is 5.90. The van der Waals surface area contributed by atoms with Crippen LogP contribution in [0.25, 0.3) is 0 Å². The summed E-state index contributed by atoms with van der Waals surface area (Å²) < 4.78 is 5.42. The van der Waals surface area contributed by atoms with Gasteiger partial charge in [0.15, 0.2) is 0 Å². The maximum atomic E-state index is 5.42. The van der Waals surface area contributed by atoms with Gasteiger partial charge in [0.1, 0.15) is 5.75 Å². The summed E-state index contributed by atoms with van der Waals surface area (Å²) in [4.78, 5) is 0. The van der Waals surface area contributed by atoms with Gasteiger partial charge >= 0.3 is 0 Å². The van der Waals surface area contributed by atoms with Gasteiger partial charge in [-0.05, 0) is 63.4 Å². The van der Waals surface area contributed by atoms with E-state index >= 15 is 0 Å². The molecular weight excluding hydrogens is 236 g/mol. The molecule has 2 rings (SSSR count). The number of nitrogens with one attached hydrogen (secondary N) is 2. The molecule has 0 unspecified atom stereocenters. The third-order valence-corrected chi connectivity index (χ3v) is 4.42. The van der Waals surface area contributed by atoms with Crippen LogP contribution >= 0.6 is 0 Å². The minimum atomic E-state index is 0.474. The fourth-order valence-electron chi connectivity index (χ4n) is 2.77. The maximum absolute atomic E-state index is 5.42. The molecule has 19 heavy (non-hydrogen) atoms. The molecule has 0 saturated heterocycles. The van der Waals surface area contributed by atoms with Gasteiger partial charge in [0.05, 0.1) is 7.11 Å². The number of benzene rings is 1. The molecule has 1 aliphatic carbocycles. The molecule has 0 atom stereocenters. The van der Waals surface area contributed by atoms with E-state index in [0.29, 0.717) is 5.41 Å². The fourth-order valence-corrected chi connectivity index (χ4v) is 2.77. The third kappa shape index (κ3) is 2.86. The van der Waals surface area contributed by atoms with E-state index in [9.17, 15) is 0 Å². The molecule has 106 valence electrons. The Hall–Kier alpha value is -1.22. The van der Waals surface area contributed by atoms with E-state index in [-0.39, 0.29) is 0 Å². The molecule has 1 saturated carbocycles. The molecule has 1 aromatic rings. The minimum Gasteiger partial charge on any atom is -0.496 e. The fraction of sp³-hybridized carbons (Fsp3) is 0.625. The molecule has 0 bridgehead atoms. The number of rotatable bonds is 6. The minimum absolute atomic E-state index is 0.474. The lowest BCUT2D eigenvalue weighted by Crippen LogP contribution is -2.27. The lowest BCUT2D eigenvalue weighted by molar-refractivity contribution is 0.411. The molecule has 1 aliphatic rings. The summed E-state index contributed by atoms with van der Waals surface area (Å²) in [5, 5.41) is 6.97. The Bertz CT molecular complexity index is 464. The second kappa shape index (κ2) is 5.41. The van der Waals surface area contributed by atoms with E-state index in [1.54, 1.807) is 7.11 Å². The van der Waals surface area contributed by atoms with Crippen molar-refractivity contribution in [1.82, 2.24) is 5.32 Å². The molecular formula is C16H26N2O. The van der Waals surface area contributed by atoms with E-state index in [1.807, 2.05) is 7.05 Å². The predicted molar refractivity (Wildman–Crippen MR) is 81.3 cm³/mol. The maximum Gasteiger partial charge on any atom is 0.122 e. The van der Waals surface area contributed by atoms with Crippen LogP contribution < -0.4 is 15.4 Å². The number of anilines is 1. The van der Waals surface area contributed by atoms with Gasteiger partial charge in [-0.15, -0.1) is 0 Å². The van der Waals surface area contributed by atoms with Crippen LogP contribution in [0.3, 0.4) is 0 Å². The molecule has 0 heterocycles. The Labute approximate surface area is 116 Å². The highest BCUT2D eigenvalue weighted by molar-refractivity contribution is 5.63. The van der Waals surface area contributed by atoms with E-state index in [2.05, 4.69) is 37.5 Å². The van der Waals surface area contributed by atoms with Crippen LogP contribution in [0, 0.1) is 26.2 Å². The molecule has 0 aromatic heterocycles. The Balaban J connectivity index is 2.15. The quantitative estimate of drug-likeness (QED) is 0.826. The Morgan fingerprint density at radius 3 is 2.37 bits per heavy atom. The van der Waals surface area contributed by atoms with Gasteiger partial charge in [-0.1, -0.05) is 0 Å². The SMILES string of the molecule is CNCC1(CNc2c(C)cc(OC)c(C)c2C)CC1. The van der Waals surface area contributed by atoms with E-state index in [1.165, 1.54) is 35.2 Å². The van der Waals surface area contributed by atoms with Crippen LogP contribution in [0.1, 0.15) is 29.5 Å². The summed E-state index contributed by atoms with van der Waals surface area (Å²) in [6.45, 7) is 8.60. The number of hydrogen-bond acceptors (Lipinski definition) is 3. The standard InChI is InChI=1S/C16H26N2O/c1-11-8-14(19-5)12(2)13(3)15(11)18-10-16(6-7-16)9-17-4/h8,17-18H,6-7,9-10H2,1-5H3. The summed E-state index contributed by atoms with van der Waals surface area (Å²) in [6, 6.07) is 2.13. The van der Waals surface area contributed by atoms with Crippen LogP contribution in [0.4, 0.5) is 5.69 Å². The zero-order valence-corrected chi connectivity index (χ0v) is 12.8. The predicted octanol–water partition coefficient (Wildman–Crippen LogP) is 3.03. The normalized spacial score (nSPS) is 16.3. The molecule has 3 heteroatoms. The van der Waals surface area contributed by atoms with E-state index in [0.717, 1.165) is 18.8 Å². The van der Waals surface area contributed by atoms with Crippen molar-refractivity contribution < 1.29 is 4.74 Å². The van der Waals surface area contributed by atoms with Crippen LogP contribution in [-0.4, -0.2) is 27.2 Å². The van der Waals surface area contributed by atoms with Crippen molar-refractivity contribution >= 4 is 5.69 Å². The lowest BCUT2D eigenvalue weighted by Gasteiger charge is -2.21. The molecule has 3 nitrogen and oxygen atoms in total. The Morgan fingerprint density at radius 1 is 1.16 bits per heavy atom. The van der Waals surface area contributed by atoms with Gasteiger partial charge in [0, 0.05) is 24.2 Å². The van der Waals surface area contributed by atoms with Crippen molar-refractivity contribution in [1.29, 1.82) is 0 Å². The van der Waals surface area contributed by atoms with Crippen molar-refractivity contribution in [3.05, 3.63) is 22.8 Å².